The van der Waals surface area contributed by atoms with Gasteiger partial charge in [-0.15, -0.1) is 0 Å². The molecule has 0 bridgehead atoms. The average Bonchev–Trinajstić information content (AvgIpc) is 2.61. The number of pyridine rings is 1. The third-order valence-corrected chi connectivity index (χ3v) is 4.62. The van der Waals surface area contributed by atoms with Crippen LogP contribution in [0.2, 0.25) is 0 Å². The van der Waals surface area contributed by atoms with Crippen molar-refractivity contribution >= 4 is 5.82 Å². The summed E-state index contributed by atoms with van der Waals surface area (Å²) >= 11 is 0. The molecule has 0 amide bonds. The van der Waals surface area contributed by atoms with E-state index in [1.54, 1.807) is 0 Å². The van der Waals surface area contributed by atoms with E-state index in [4.69, 9.17) is 9.72 Å². The zero-order chi connectivity index (χ0) is 18.7. The topological polar surface area (TPSA) is 37.4 Å². The van der Waals surface area contributed by atoms with Crippen molar-refractivity contribution in [3.05, 3.63) is 42.0 Å². The van der Waals surface area contributed by atoms with E-state index in [2.05, 4.69) is 81.2 Å². The summed E-state index contributed by atoms with van der Waals surface area (Å²) in [6.07, 6.45) is 0.163. The number of aromatic nitrogens is 1. The molecule has 140 valence electrons. The van der Waals surface area contributed by atoms with Gasteiger partial charge in [0, 0.05) is 37.3 Å². The van der Waals surface area contributed by atoms with Crippen molar-refractivity contribution in [1.29, 1.82) is 0 Å². The summed E-state index contributed by atoms with van der Waals surface area (Å²) in [5, 5.41) is 3.39. The van der Waals surface area contributed by atoms with Gasteiger partial charge >= 0.3 is 0 Å². The van der Waals surface area contributed by atoms with Gasteiger partial charge in [0.05, 0.1) is 11.8 Å². The van der Waals surface area contributed by atoms with Crippen molar-refractivity contribution < 1.29 is 4.74 Å². The van der Waals surface area contributed by atoms with Crippen LogP contribution in [0.3, 0.4) is 0 Å². The Bertz CT molecular complexity index is 743. The molecule has 0 atom stereocenters. The third kappa shape index (κ3) is 4.36. The molecule has 1 N–H and O–H groups in total. The highest BCUT2D eigenvalue weighted by molar-refractivity contribution is 5.65. The second kappa shape index (κ2) is 7.67. The number of ether oxygens (including phenoxy) is 1. The van der Waals surface area contributed by atoms with Crippen molar-refractivity contribution in [3.8, 4) is 17.0 Å². The van der Waals surface area contributed by atoms with Crippen LogP contribution in [0.5, 0.6) is 5.75 Å². The Balaban J connectivity index is 1.96. The van der Waals surface area contributed by atoms with Crippen LogP contribution in [-0.4, -0.2) is 37.3 Å². The minimum Gasteiger partial charge on any atom is -0.491 e. The molecule has 3 rings (SSSR count). The Morgan fingerprint density at radius 3 is 2.46 bits per heavy atom. The first-order valence-electron chi connectivity index (χ1n) is 9.59. The zero-order valence-electron chi connectivity index (χ0n) is 16.7. The highest BCUT2D eigenvalue weighted by atomic mass is 16.5. The normalized spacial score (nSPS) is 15.4. The van der Waals surface area contributed by atoms with E-state index < -0.39 is 0 Å². The predicted octanol–water partition coefficient (Wildman–Crippen LogP) is 4.24. The van der Waals surface area contributed by atoms with Crippen LogP contribution >= 0.6 is 0 Å². The monoisotopic (exact) mass is 353 g/mol. The number of anilines is 1. The van der Waals surface area contributed by atoms with Crippen molar-refractivity contribution in [2.24, 2.45) is 0 Å². The summed E-state index contributed by atoms with van der Waals surface area (Å²) in [6.45, 7) is 14.9. The van der Waals surface area contributed by atoms with Crippen LogP contribution in [0.4, 0.5) is 5.82 Å². The summed E-state index contributed by atoms with van der Waals surface area (Å²) in [7, 11) is 0. The lowest BCUT2D eigenvalue weighted by atomic mass is 9.85. The van der Waals surface area contributed by atoms with Gasteiger partial charge in [0.1, 0.15) is 11.6 Å². The molecule has 26 heavy (non-hydrogen) atoms. The fourth-order valence-electron chi connectivity index (χ4n) is 3.29. The number of nitrogens with zero attached hydrogens (tertiary/aromatic N) is 2. The van der Waals surface area contributed by atoms with Gasteiger partial charge in [-0.2, -0.15) is 0 Å². The standard InChI is InChI=1S/C22H31N3O/c1-16(2)26-20-10-9-17(15-18(20)22(3,4)5)19-7-6-8-21(24-19)25-13-11-23-12-14-25/h6-10,15-16,23H,11-14H2,1-5H3. The van der Waals surface area contributed by atoms with Crippen LogP contribution < -0.4 is 15.0 Å². The van der Waals surface area contributed by atoms with Crippen LogP contribution in [-0.2, 0) is 5.41 Å². The van der Waals surface area contributed by atoms with Gasteiger partial charge in [0.2, 0.25) is 0 Å². The van der Waals surface area contributed by atoms with Gasteiger partial charge in [-0.05, 0) is 49.6 Å². The van der Waals surface area contributed by atoms with E-state index in [1.165, 1.54) is 5.56 Å². The van der Waals surface area contributed by atoms with Crippen LogP contribution in [0.25, 0.3) is 11.3 Å². The smallest absolute Gasteiger partial charge is 0.129 e. The molecular weight excluding hydrogens is 322 g/mol. The molecule has 1 aliphatic heterocycles. The van der Waals surface area contributed by atoms with Crippen molar-refractivity contribution in [2.45, 2.75) is 46.1 Å². The largest absolute Gasteiger partial charge is 0.491 e. The quantitative estimate of drug-likeness (QED) is 0.892. The van der Waals surface area contributed by atoms with Crippen molar-refractivity contribution in [2.75, 3.05) is 31.1 Å². The van der Waals surface area contributed by atoms with Crippen molar-refractivity contribution in [3.63, 3.8) is 0 Å². The second-order valence-corrected chi connectivity index (χ2v) is 8.25. The van der Waals surface area contributed by atoms with Crippen LogP contribution in [0.1, 0.15) is 40.2 Å². The number of rotatable bonds is 4. The summed E-state index contributed by atoms with van der Waals surface area (Å²) in [5.41, 5.74) is 3.39. The van der Waals surface area contributed by atoms with Gasteiger partial charge < -0.3 is 15.0 Å². The Morgan fingerprint density at radius 2 is 1.81 bits per heavy atom. The molecule has 1 fully saturated rings. The number of piperazine rings is 1. The summed E-state index contributed by atoms with van der Waals surface area (Å²) in [5.74, 6) is 2.03. The average molecular weight is 354 g/mol. The molecule has 4 heteroatoms. The van der Waals surface area contributed by atoms with Gasteiger partial charge in [-0.3, -0.25) is 0 Å². The summed E-state index contributed by atoms with van der Waals surface area (Å²) in [4.78, 5) is 7.29. The Hall–Kier alpha value is -2.07. The number of hydrogen-bond donors (Lipinski definition) is 1. The lowest BCUT2D eigenvalue weighted by Gasteiger charge is -2.28. The van der Waals surface area contributed by atoms with Gasteiger partial charge in [-0.1, -0.05) is 26.8 Å². The number of benzene rings is 1. The SMILES string of the molecule is CC(C)Oc1ccc(-c2cccc(N3CCNCC3)n2)cc1C(C)(C)C. The van der Waals surface area contributed by atoms with E-state index >= 15 is 0 Å². The Kier molecular flexibility index (Phi) is 5.52. The second-order valence-electron chi connectivity index (χ2n) is 8.25. The first-order valence-corrected chi connectivity index (χ1v) is 9.59. The highest BCUT2D eigenvalue weighted by Gasteiger charge is 2.21. The number of nitrogens with one attached hydrogen (secondary N) is 1. The lowest BCUT2D eigenvalue weighted by molar-refractivity contribution is 0.236. The molecule has 4 nitrogen and oxygen atoms in total. The molecule has 0 aliphatic carbocycles. The highest BCUT2D eigenvalue weighted by Crippen LogP contribution is 2.35. The van der Waals surface area contributed by atoms with E-state index in [1.807, 2.05) is 0 Å². The fraction of sp³-hybridized carbons (Fsp3) is 0.500. The van der Waals surface area contributed by atoms with Gasteiger partial charge in [0.25, 0.3) is 0 Å². The molecule has 0 saturated carbocycles. The fourth-order valence-corrected chi connectivity index (χ4v) is 3.29. The maximum atomic E-state index is 6.05. The van der Waals surface area contributed by atoms with Crippen molar-refractivity contribution in [1.82, 2.24) is 10.3 Å². The molecule has 1 aliphatic rings. The molecule has 1 aromatic carbocycles. The third-order valence-electron chi connectivity index (χ3n) is 4.62. The molecule has 1 saturated heterocycles. The van der Waals surface area contributed by atoms with Gasteiger partial charge in [0.15, 0.2) is 0 Å². The molecular formula is C22H31N3O. The zero-order valence-corrected chi connectivity index (χ0v) is 16.7. The molecule has 2 aromatic rings. The first kappa shape index (κ1) is 18.7. The van der Waals surface area contributed by atoms with E-state index in [0.717, 1.165) is 49.0 Å². The maximum Gasteiger partial charge on any atom is 0.129 e. The minimum atomic E-state index is 0.0103. The summed E-state index contributed by atoms with van der Waals surface area (Å²) < 4.78 is 6.05. The van der Waals surface area contributed by atoms with Crippen LogP contribution in [0, 0.1) is 0 Å². The molecule has 0 radical (unpaired) electrons. The molecule has 1 aromatic heterocycles. The molecule has 0 unspecified atom stereocenters. The Morgan fingerprint density at radius 1 is 1.08 bits per heavy atom. The minimum absolute atomic E-state index is 0.0103. The maximum absolute atomic E-state index is 6.05. The lowest BCUT2D eigenvalue weighted by Crippen LogP contribution is -2.43. The summed E-state index contributed by atoms with van der Waals surface area (Å²) in [6, 6.07) is 12.8. The van der Waals surface area contributed by atoms with E-state index in [9.17, 15) is 0 Å². The molecule has 0 spiro atoms. The first-order chi connectivity index (χ1) is 12.3. The number of hydrogen-bond acceptors (Lipinski definition) is 4. The molecule has 2 heterocycles. The predicted molar refractivity (Wildman–Crippen MR) is 109 cm³/mol. The van der Waals surface area contributed by atoms with Crippen LogP contribution in [0.15, 0.2) is 36.4 Å². The Labute approximate surface area is 157 Å². The van der Waals surface area contributed by atoms with Gasteiger partial charge in [-0.25, -0.2) is 4.98 Å². The van der Waals surface area contributed by atoms with E-state index in [0.29, 0.717) is 0 Å². The van der Waals surface area contributed by atoms with E-state index in [-0.39, 0.29) is 11.5 Å².